The van der Waals surface area contributed by atoms with Crippen LogP contribution in [0, 0.1) is 6.92 Å². The second-order valence-electron chi connectivity index (χ2n) is 7.07. The largest absolute Gasteiger partial charge is 0.459 e. The van der Waals surface area contributed by atoms with Crippen LogP contribution in [0.4, 0.5) is 11.4 Å². The molecule has 0 unspecified atom stereocenters. The normalized spacial score (nSPS) is 11.5. The molecule has 3 N–H and O–H groups in total. The molecule has 1 heterocycles. The third-order valence-electron chi connectivity index (χ3n) is 4.30. The van der Waals surface area contributed by atoms with Crippen LogP contribution >= 0.6 is 11.6 Å². The maximum absolute atomic E-state index is 12.9. The fraction of sp³-hybridized carbons (Fsp3) is 0.238. The fourth-order valence-electron chi connectivity index (χ4n) is 3.33. The minimum atomic E-state index is -1.10. The molecule has 28 heavy (non-hydrogen) atoms. The number of anilines is 2. The van der Waals surface area contributed by atoms with Crippen molar-refractivity contribution in [1.82, 2.24) is 0 Å². The van der Waals surface area contributed by atoms with Gasteiger partial charge in [-0.3, -0.25) is 9.59 Å². The van der Waals surface area contributed by atoms with E-state index < -0.39 is 11.5 Å². The van der Waals surface area contributed by atoms with E-state index in [4.69, 9.17) is 16.0 Å². The molecule has 6 nitrogen and oxygen atoms in total. The molecule has 2 aromatic carbocycles. The number of hydrogen-bond acceptors (Lipinski definition) is 4. The summed E-state index contributed by atoms with van der Waals surface area (Å²) in [4.78, 5) is 24.4. The number of halogens is 1. The molecule has 3 rings (SSSR count). The molecule has 3 aromatic rings. The number of carbonyl (C=O) groups excluding carboxylic acids is 2. The number of para-hydroxylation sites is 1. The van der Waals surface area contributed by atoms with Crippen molar-refractivity contribution >= 4 is 45.8 Å². The van der Waals surface area contributed by atoms with Gasteiger partial charge in [-0.2, -0.15) is 0 Å². The summed E-state index contributed by atoms with van der Waals surface area (Å²) >= 11 is 6.21. The predicted octanol–water partition coefficient (Wildman–Crippen LogP) is 4.83. The minimum absolute atomic E-state index is 0.155. The van der Waals surface area contributed by atoms with Crippen LogP contribution in [-0.2, 0) is 10.4 Å². The van der Waals surface area contributed by atoms with Crippen molar-refractivity contribution in [1.29, 1.82) is 0 Å². The number of amides is 2. The zero-order valence-corrected chi connectivity index (χ0v) is 16.8. The van der Waals surface area contributed by atoms with Crippen molar-refractivity contribution in [3.8, 4) is 0 Å². The van der Waals surface area contributed by atoms with Crippen LogP contribution in [0.3, 0.4) is 0 Å². The topological polar surface area (TPSA) is 91.6 Å². The van der Waals surface area contributed by atoms with Gasteiger partial charge in [0.1, 0.15) is 5.76 Å². The summed E-state index contributed by atoms with van der Waals surface area (Å²) in [5, 5.41) is 16.8. The van der Waals surface area contributed by atoms with E-state index in [-0.39, 0.29) is 16.5 Å². The first-order valence-electron chi connectivity index (χ1n) is 8.72. The van der Waals surface area contributed by atoms with Crippen molar-refractivity contribution in [2.75, 3.05) is 10.6 Å². The third-order valence-corrected chi connectivity index (χ3v) is 4.62. The van der Waals surface area contributed by atoms with E-state index in [1.807, 2.05) is 6.07 Å². The highest BCUT2D eigenvalue weighted by Crippen LogP contribution is 2.37. The number of aliphatic hydroxyl groups is 1. The van der Waals surface area contributed by atoms with Crippen LogP contribution in [-0.4, -0.2) is 16.9 Å². The molecule has 0 fully saturated rings. The Kier molecular flexibility index (Phi) is 5.19. The number of nitrogens with one attached hydrogen (secondary N) is 2. The lowest BCUT2D eigenvalue weighted by molar-refractivity contribution is -0.114. The van der Waals surface area contributed by atoms with Gasteiger partial charge in [-0.25, -0.2) is 0 Å². The maximum atomic E-state index is 12.9. The van der Waals surface area contributed by atoms with Crippen LogP contribution in [0.1, 0.15) is 42.5 Å². The summed E-state index contributed by atoms with van der Waals surface area (Å²) in [7, 11) is 0. The van der Waals surface area contributed by atoms with Crippen LogP contribution in [0.2, 0.25) is 5.02 Å². The highest BCUT2D eigenvalue weighted by atomic mass is 35.5. The Morgan fingerprint density at radius 3 is 2.36 bits per heavy atom. The lowest BCUT2D eigenvalue weighted by Gasteiger charge is -2.17. The molecule has 0 saturated carbocycles. The summed E-state index contributed by atoms with van der Waals surface area (Å²) in [5.74, 6) is -0.225. The quantitative estimate of drug-likeness (QED) is 0.584. The lowest BCUT2D eigenvalue weighted by atomic mass is 9.95. The van der Waals surface area contributed by atoms with Gasteiger partial charge in [0.05, 0.1) is 27.6 Å². The van der Waals surface area contributed by atoms with Crippen molar-refractivity contribution in [3.63, 3.8) is 0 Å². The van der Waals surface area contributed by atoms with E-state index in [1.165, 1.54) is 6.92 Å². The van der Waals surface area contributed by atoms with Crippen LogP contribution < -0.4 is 10.6 Å². The van der Waals surface area contributed by atoms with Gasteiger partial charge in [-0.15, -0.1) is 0 Å². The second-order valence-corrected chi connectivity index (χ2v) is 7.48. The molecule has 2 amide bonds. The molecule has 0 aliphatic rings. The second kappa shape index (κ2) is 7.30. The van der Waals surface area contributed by atoms with Gasteiger partial charge in [0.2, 0.25) is 5.91 Å². The number of benzene rings is 2. The molecule has 0 bridgehead atoms. The number of aryl methyl sites for hydroxylation is 1. The number of fused-ring (bicyclic) bond motifs is 1. The van der Waals surface area contributed by atoms with Gasteiger partial charge in [0, 0.05) is 17.9 Å². The first kappa shape index (κ1) is 19.9. The van der Waals surface area contributed by atoms with E-state index in [0.717, 1.165) is 0 Å². The standard InChI is InChI=1S/C21H21ClN2O4/c1-11-18(21(3,4)27)13-7-5-10-16(19(13)28-11)24-20(26)17-14(22)8-6-9-15(17)23-12(2)25/h5-10,27H,1-4H3,(H,23,25)(H,24,26). The SMILES string of the molecule is CC(=O)Nc1cccc(Cl)c1C(=O)Nc1cccc2c(C(C)(C)O)c(C)oc12. The third kappa shape index (κ3) is 3.74. The molecular weight excluding hydrogens is 380 g/mol. The Labute approximate surface area is 167 Å². The summed E-state index contributed by atoms with van der Waals surface area (Å²) in [5.41, 5.74) is 0.933. The molecule has 1 aromatic heterocycles. The summed E-state index contributed by atoms with van der Waals surface area (Å²) in [6, 6.07) is 10.1. The molecular formula is C21H21ClN2O4. The Morgan fingerprint density at radius 2 is 1.71 bits per heavy atom. The summed E-state index contributed by atoms with van der Waals surface area (Å²) < 4.78 is 5.84. The maximum Gasteiger partial charge on any atom is 0.259 e. The van der Waals surface area contributed by atoms with Gasteiger partial charge in [0.25, 0.3) is 5.91 Å². The Balaban J connectivity index is 2.05. The highest BCUT2D eigenvalue weighted by molar-refractivity contribution is 6.35. The Hall–Kier alpha value is -2.83. The van der Waals surface area contributed by atoms with Gasteiger partial charge in [-0.05, 0) is 39.0 Å². The van der Waals surface area contributed by atoms with E-state index in [0.29, 0.717) is 33.7 Å². The van der Waals surface area contributed by atoms with Crippen LogP contribution in [0.5, 0.6) is 0 Å². The van der Waals surface area contributed by atoms with Crippen molar-refractivity contribution in [3.05, 3.63) is 58.3 Å². The van der Waals surface area contributed by atoms with Gasteiger partial charge in [-0.1, -0.05) is 29.8 Å². The molecule has 0 aliphatic heterocycles. The zero-order valence-electron chi connectivity index (χ0n) is 16.0. The lowest BCUT2D eigenvalue weighted by Crippen LogP contribution is -2.17. The van der Waals surface area contributed by atoms with Gasteiger partial charge < -0.3 is 20.2 Å². The zero-order chi connectivity index (χ0) is 20.6. The molecule has 146 valence electrons. The number of carbonyl (C=O) groups is 2. The minimum Gasteiger partial charge on any atom is -0.459 e. The van der Waals surface area contributed by atoms with Crippen LogP contribution in [0.25, 0.3) is 11.0 Å². The fourth-order valence-corrected chi connectivity index (χ4v) is 3.59. The predicted molar refractivity (Wildman–Crippen MR) is 110 cm³/mol. The van der Waals surface area contributed by atoms with E-state index >= 15 is 0 Å². The van der Waals surface area contributed by atoms with E-state index in [1.54, 1.807) is 51.1 Å². The van der Waals surface area contributed by atoms with E-state index in [2.05, 4.69) is 10.6 Å². The molecule has 0 spiro atoms. The number of hydrogen-bond donors (Lipinski definition) is 3. The molecule has 0 aliphatic carbocycles. The Morgan fingerprint density at radius 1 is 1.07 bits per heavy atom. The molecule has 0 saturated heterocycles. The molecule has 7 heteroatoms. The smallest absolute Gasteiger partial charge is 0.259 e. The van der Waals surface area contributed by atoms with Gasteiger partial charge in [0.15, 0.2) is 5.58 Å². The summed E-state index contributed by atoms with van der Waals surface area (Å²) in [6.07, 6.45) is 0. The summed E-state index contributed by atoms with van der Waals surface area (Å²) in [6.45, 7) is 6.48. The first-order chi connectivity index (χ1) is 13.1. The van der Waals surface area contributed by atoms with Crippen LogP contribution in [0.15, 0.2) is 40.8 Å². The average molecular weight is 401 g/mol. The first-order valence-corrected chi connectivity index (χ1v) is 9.10. The van der Waals surface area contributed by atoms with Gasteiger partial charge >= 0.3 is 0 Å². The van der Waals surface area contributed by atoms with E-state index in [9.17, 15) is 14.7 Å². The Bertz CT molecular complexity index is 1080. The van der Waals surface area contributed by atoms with Crippen molar-refractivity contribution in [2.45, 2.75) is 33.3 Å². The molecule has 0 radical (unpaired) electrons. The average Bonchev–Trinajstić information content (AvgIpc) is 2.91. The monoisotopic (exact) mass is 400 g/mol. The van der Waals surface area contributed by atoms with Crippen molar-refractivity contribution in [2.24, 2.45) is 0 Å². The number of rotatable bonds is 4. The number of furan rings is 1. The highest BCUT2D eigenvalue weighted by Gasteiger charge is 2.26. The van der Waals surface area contributed by atoms with Crippen molar-refractivity contribution < 1.29 is 19.1 Å². The molecule has 0 atom stereocenters.